The smallest absolute Gasteiger partial charge is 0.175 e. The van der Waals surface area contributed by atoms with E-state index in [-0.39, 0.29) is 4.65 Å². The van der Waals surface area contributed by atoms with Crippen molar-refractivity contribution in [2.24, 2.45) is 0 Å². The van der Waals surface area contributed by atoms with Gasteiger partial charge in [0.05, 0.1) is 24.5 Å². The number of nitrogens with zero attached hydrogens (tertiary/aromatic N) is 1. The molecular formula is C14H20INO3S. The molecule has 1 saturated heterocycles. The van der Waals surface area contributed by atoms with Gasteiger partial charge in [-0.25, -0.2) is 8.42 Å². The van der Waals surface area contributed by atoms with Crippen LogP contribution in [0.1, 0.15) is 24.3 Å². The number of sulfone groups is 1. The van der Waals surface area contributed by atoms with Gasteiger partial charge in [0.15, 0.2) is 9.84 Å². The van der Waals surface area contributed by atoms with E-state index >= 15 is 0 Å². The maximum atomic E-state index is 12.4. The summed E-state index contributed by atoms with van der Waals surface area (Å²) in [6.07, 6.45) is 2.91. The molecule has 4 nitrogen and oxygen atoms in total. The Labute approximate surface area is 134 Å². The molecule has 0 aliphatic carbocycles. The summed E-state index contributed by atoms with van der Waals surface area (Å²) in [7, 11) is -3.16. The summed E-state index contributed by atoms with van der Waals surface area (Å²) >= 11 is 2.25. The summed E-state index contributed by atoms with van der Waals surface area (Å²) < 4.78 is 24.0. The minimum Gasteiger partial charge on any atom is -0.633 e. The highest BCUT2D eigenvalue weighted by Crippen LogP contribution is 2.32. The van der Waals surface area contributed by atoms with Crippen LogP contribution in [0.25, 0.3) is 0 Å². The highest BCUT2D eigenvalue weighted by atomic mass is 127. The number of benzene rings is 1. The molecular weight excluding hydrogens is 389 g/mol. The Kier molecular flexibility index (Phi) is 5.09. The van der Waals surface area contributed by atoms with Gasteiger partial charge in [0.2, 0.25) is 0 Å². The molecule has 0 atom stereocenters. The van der Waals surface area contributed by atoms with E-state index in [0.717, 1.165) is 22.8 Å². The normalized spacial score (nSPS) is 27.4. The summed E-state index contributed by atoms with van der Waals surface area (Å²) in [6.45, 7) is 1.95. The zero-order valence-electron chi connectivity index (χ0n) is 11.6. The zero-order valence-corrected chi connectivity index (χ0v) is 14.6. The fourth-order valence-electron chi connectivity index (χ4n) is 2.75. The van der Waals surface area contributed by atoms with Gasteiger partial charge in [-0.05, 0) is 23.6 Å². The van der Waals surface area contributed by atoms with Gasteiger partial charge >= 0.3 is 0 Å². The van der Waals surface area contributed by atoms with E-state index in [1.165, 1.54) is 6.26 Å². The van der Waals surface area contributed by atoms with Crippen molar-refractivity contribution in [2.45, 2.75) is 23.7 Å². The molecule has 0 unspecified atom stereocenters. The number of quaternary nitrogens is 1. The third-order valence-corrected chi connectivity index (χ3v) is 5.61. The van der Waals surface area contributed by atoms with Gasteiger partial charge in [-0.1, -0.05) is 34.7 Å². The van der Waals surface area contributed by atoms with Crippen LogP contribution in [-0.2, 0) is 9.84 Å². The lowest BCUT2D eigenvalue weighted by atomic mass is 9.89. The van der Waals surface area contributed by atoms with Crippen molar-refractivity contribution >= 4 is 32.4 Å². The molecule has 1 aliphatic rings. The Bertz CT molecular complexity index is 566. The Morgan fingerprint density at radius 2 is 2.00 bits per heavy atom. The monoisotopic (exact) mass is 409 g/mol. The number of hydrogen-bond donors (Lipinski definition) is 0. The minimum absolute atomic E-state index is 0.0921. The lowest BCUT2D eigenvalue weighted by Gasteiger charge is -2.47. The van der Waals surface area contributed by atoms with Crippen LogP contribution in [0.15, 0.2) is 29.2 Å². The van der Waals surface area contributed by atoms with Crippen molar-refractivity contribution < 1.29 is 13.1 Å². The standard InChI is InChI=1S/C14H20INO3S/c1-20(18,19)14-4-2-3-13(11-14)12-5-8-16(17,9-6-12)10-7-15/h2-4,11-12H,5-10H2,1H3. The van der Waals surface area contributed by atoms with E-state index < -0.39 is 9.84 Å². The number of alkyl halides is 1. The molecule has 0 aromatic heterocycles. The summed E-state index contributed by atoms with van der Waals surface area (Å²) in [5.74, 6) is 0.311. The second-order valence-electron chi connectivity index (χ2n) is 5.54. The van der Waals surface area contributed by atoms with Crippen LogP contribution in [0.2, 0.25) is 0 Å². The van der Waals surface area contributed by atoms with E-state index in [0.29, 0.717) is 30.4 Å². The third-order valence-electron chi connectivity index (χ3n) is 4.02. The Morgan fingerprint density at radius 1 is 1.35 bits per heavy atom. The number of rotatable bonds is 4. The van der Waals surface area contributed by atoms with E-state index in [1.54, 1.807) is 18.2 Å². The van der Waals surface area contributed by atoms with Gasteiger partial charge in [0, 0.05) is 23.5 Å². The summed E-state index contributed by atoms with van der Waals surface area (Å²) in [5.41, 5.74) is 1.05. The number of halogens is 1. The molecule has 1 aliphatic heterocycles. The second kappa shape index (κ2) is 6.29. The Balaban J connectivity index is 2.11. The van der Waals surface area contributed by atoms with Crippen molar-refractivity contribution in [3.8, 4) is 0 Å². The van der Waals surface area contributed by atoms with Crippen LogP contribution in [0, 0.1) is 5.21 Å². The van der Waals surface area contributed by atoms with E-state index in [1.807, 2.05) is 6.07 Å². The van der Waals surface area contributed by atoms with Crippen LogP contribution < -0.4 is 0 Å². The van der Waals surface area contributed by atoms with Crippen molar-refractivity contribution in [1.82, 2.24) is 0 Å². The van der Waals surface area contributed by atoms with Crippen LogP contribution in [0.3, 0.4) is 0 Å². The van der Waals surface area contributed by atoms with Gasteiger partial charge in [-0.2, -0.15) is 0 Å². The molecule has 1 aromatic rings. The van der Waals surface area contributed by atoms with Gasteiger partial charge < -0.3 is 9.85 Å². The van der Waals surface area contributed by atoms with E-state index in [2.05, 4.69) is 22.6 Å². The first-order chi connectivity index (χ1) is 9.34. The number of hydroxylamine groups is 3. The zero-order chi connectivity index (χ0) is 14.8. The lowest BCUT2D eigenvalue weighted by Crippen LogP contribution is -2.48. The van der Waals surface area contributed by atoms with Gasteiger partial charge in [-0.15, -0.1) is 0 Å². The topological polar surface area (TPSA) is 57.2 Å². The van der Waals surface area contributed by atoms with Gasteiger partial charge in [0.25, 0.3) is 0 Å². The van der Waals surface area contributed by atoms with Crippen LogP contribution in [0.4, 0.5) is 0 Å². The molecule has 0 saturated carbocycles. The number of hydrogen-bond acceptors (Lipinski definition) is 3. The fraction of sp³-hybridized carbons (Fsp3) is 0.571. The predicted octanol–water partition coefficient (Wildman–Crippen LogP) is 2.72. The summed E-state index contributed by atoms with van der Waals surface area (Å²) in [6, 6.07) is 7.17. The molecule has 0 N–H and O–H groups in total. The van der Waals surface area contributed by atoms with Crippen LogP contribution in [-0.4, -0.2) is 43.4 Å². The average molecular weight is 409 g/mol. The molecule has 0 spiro atoms. The lowest BCUT2D eigenvalue weighted by molar-refractivity contribution is -0.883. The first-order valence-electron chi connectivity index (χ1n) is 6.77. The molecule has 0 bridgehead atoms. The first kappa shape index (κ1) is 16.2. The molecule has 6 heteroatoms. The molecule has 112 valence electrons. The quantitative estimate of drug-likeness (QED) is 0.333. The molecule has 1 fully saturated rings. The van der Waals surface area contributed by atoms with Crippen molar-refractivity contribution in [3.05, 3.63) is 35.0 Å². The maximum Gasteiger partial charge on any atom is 0.175 e. The second-order valence-corrected chi connectivity index (χ2v) is 8.63. The van der Waals surface area contributed by atoms with Crippen LogP contribution >= 0.6 is 22.6 Å². The summed E-state index contributed by atoms with van der Waals surface area (Å²) in [5, 5.41) is 12.4. The molecule has 1 heterocycles. The predicted molar refractivity (Wildman–Crippen MR) is 88.6 cm³/mol. The largest absolute Gasteiger partial charge is 0.633 e. The van der Waals surface area contributed by atoms with Crippen molar-refractivity contribution in [3.63, 3.8) is 0 Å². The Hall–Kier alpha value is -0.180. The van der Waals surface area contributed by atoms with Crippen LogP contribution in [0.5, 0.6) is 0 Å². The first-order valence-corrected chi connectivity index (χ1v) is 10.2. The molecule has 0 radical (unpaired) electrons. The van der Waals surface area contributed by atoms with Crippen molar-refractivity contribution in [2.75, 3.05) is 30.3 Å². The molecule has 20 heavy (non-hydrogen) atoms. The minimum atomic E-state index is -3.16. The highest BCUT2D eigenvalue weighted by molar-refractivity contribution is 14.1. The molecule has 2 rings (SSSR count). The average Bonchev–Trinajstić information content (AvgIpc) is 2.39. The Morgan fingerprint density at radius 3 is 2.55 bits per heavy atom. The van der Waals surface area contributed by atoms with Crippen molar-refractivity contribution in [1.29, 1.82) is 0 Å². The SMILES string of the molecule is CS(=O)(=O)c1cccc(C2CC[N+]([O-])(CCI)CC2)c1. The number of piperidine rings is 1. The fourth-order valence-corrected chi connectivity index (χ4v) is 4.30. The van der Waals surface area contributed by atoms with E-state index in [9.17, 15) is 13.6 Å². The van der Waals surface area contributed by atoms with Gasteiger partial charge in [-0.3, -0.25) is 0 Å². The third kappa shape index (κ3) is 3.93. The summed E-state index contributed by atoms with van der Waals surface area (Å²) in [4.78, 5) is 0.371. The molecule has 0 amide bonds. The molecule has 1 aromatic carbocycles. The van der Waals surface area contributed by atoms with E-state index in [4.69, 9.17) is 0 Å². The maximum absolute atomic E-state index is 12.4. The number of likely N-dealkylation sites (tertiary alicyclic amines) is 1. The van der Waals surface area contributed by atoms with Gasteiger partial charge in [0.1, 0.15) is 0 Å². The highest BCUT2D eigenvalue weighted by Gasteiger charge is 2.27.